The quantitative estimate of drug-likeness (QED) is 0.866. The summed E-state index contributed by atoms with van der Waals surface area (Å²) in [6.07, 6.45) is 6.36. The smallest absolute Gasteiger partial charge is 0.269 e. The van der Waals surface area contributed by atoms with Crippen LogP contribution >= 0.6 is 0 Å². The highest BCUT2D eigenvalue weighted by Gasteiger charge is 2.33. The van der Waals surface area contributed by atoms with E-state index in [2.05, 4.69) is 25.5 Å². The number of piperidine rings is 2. The molecule has 0 bridgehead atoms. The average Bonchev–Trinajstić information content (AvgIpc) is 3.24. The van der Waals surface area contributed by atoms with E-state index < -0.39 is 0 Å². The highest BCUT2D eigenvalue weighted by molar-refractivity contribution is 5.93. The molecule has 2 atom stereocenters. The molecule has 2 fully saturated rings. The van der Waals surface area contributed by atoms with Gasteiger partial charge in [0, 0.05) is 30.9 Å². The van der Waals surface area contributed by atoms with Gasteiger partial charge in [-0.15, -0.1) is 0 Å². The first-order valence-electron chi connectivity index (χ1n) is 10.1. The van der Waals surface area contributed by atoms with Crippen molar-refractivity contribution in [2.24, 2.45) is 13.0 Å². The minimum Gasteiger partial charge on any atom is -0.350 e. The molecule has 146 valence electrons. The zero-order valence-electron chi connectivity index (χ0n) is 16.6. The number of carbonyl (C=O) groups excluding carboxylic acids is 1. The summed E-state index contributed by atoms with van der Waals surface area (Å²) in [5.41, 5.74) is 4.26. The van der Waals surface area contributed by atoms with Gasteiger partial charge in [0.05, 0.1) is 11.4 Å². The van der Waals surface area contributed by atoms with Crippen molar-refractivity contribution in [2.45, 2.75) is 52.0 Å². The fourth-order valence-electron chi connectivity index (χ4n) is 4.84. The molecule has 2 N–H and O–H groups in total. The van der Waals surface area contributed by atoms with Gasteiger partial charge in [-0.25, -0.2) is 0 Å². The number of hydrogen-bond donors (Lipinski definition) is 2. The van der Waals surface area contributed by atoms with E-state index in [0.29, 0.717) is 17.7 Å². The predicted octanol–water partition coefficient (Wildman–Crippen LogP) is 2.42. The maximum atomic E-state index is 12.7. The van der Waals surface area contributed by atoms with Gasteiger partial charge in [0.2, 0.25) is 0 Å². The lowest BCUT2D eigenvalue weighted by Crippen LogP contribution is -2.51. The second-order valence-corrected chi connectivity index (χ2v) is 8.05. The third kappa shape index (κ3) is 3.52. The van der Waals surface area contributed by atoms with E-state index in [1.807, 2.05) is 31.6 Å². The van der Waals surface area contributed by atoms with E-state index in [1.165, 1.54) is 45.2 Å². The SMILES string of the molecule is Cc1nn(C)c(C)c1-c1cc(C(=O)NC[C@H]2CCCN3CCCC[C@H]23)[nH]n1. The fourth-order valence-corrected chi connectivity index (χ4v) is 4.84. The zero-order chi connectivity index (χ0) is 19.0. The van der Waals surface area contributed by atoms with Gasteiger partial charge in [-0.05, 0) is 64.6 Å². The molecule has 2 aromatic rings. The zero-order valence-corrected chi connectivity index (χ0v) is 16.6. The molecule has 0 radical (unpaired) electrons. The standard InChI is InChI=1S/C20H30N6O/c1-13-19(14(2)25(3)24-13)16-11-17(23-22-16)20(27)21-12-15-7-6-10-26-9-5-4-8-18(15)26/h11,15,18H,4-10,12H2,1-3H3,(H,21,27)(H,22,23)/t15-,18-/m1/s1. The van der Waals surface area contributed by atoms with E-state index in [1.54, 1.807) is 0 Å². The van der Waals surface area contributed by atoms with Gasteiger partial charge in [0.25, 0.3) is 5.91 Å². The van der Waals surface area contributed by atoms with Crippen LogP contribution in [0.4, 0.5) is 0 Å². The molecule has 4 rings (SSSR count). The second-order valence-electron chi connectivity index (χ2n) is 8.05. The van der Waals surface area contributed by atoms with Crippen molar-refractivity contribution in [3.8, 4) is 11.3 Å². The number of nitrogens with zero attached hydrogens (tertiary/aromatic N) is 4. The van der Waals surface area contributed by atoms with E-state index >= 15 is 0 Å². The van der Waals surface area contributed by atoms with Gasteiger partial charge in [0.1, 0.15) is 5.69 Å². The number of aromatic nitrogens is 4. The minimum absolute atomic E-state index is 0.0686. The number of H-pyrrole nitrogens is 1. The number of hydrogen-bond acceptors (Lipinski definition) is 4. The largest absolute Gasteiger partial charge is 0.350 e. The Morgan fingerprint density at radius 1 is 1.26 bits per heavy atom. The molecule has 7 heteroatoms. The van der Waals surface area contributed by atoms with Gasteiger partial charge < -0.3 is 10.2 Å². The Balaban J connectivity index is 1.41. The lowest BCUT2D eigenvalue weighted by molar-refractivity contribution is 0.0575. The van der Waals surface area contributed by atoms with Crippen LogP contribution in [0.15, 0.2) is 6.07 Å². The number of rotatable bonds is 4. The summed E-state index contributed by atoms with van der Waals surface area (Å²) in [6, 6.07) is 2.48. The maximum Gasteiger partial charge on any atom is 0.269 e. The normalized spacial score (nSPS) is 23.2. The minimum atomic E-state index is -0.0686. The monoisotopic (exact) mass is 370 g/mol. The van der Waals surface area contributed by atoms with Gasteiger partial charge in [0.15, 0.2) is 0 Å². The molecule has 0 saturated carbocycles. The number of carbonyl (C=O) groups is 1. The first-order valence-corrected chi connectivity index (χ1v) is 10.1. The highest BCUT2D eigenvalue weighted by atomic mass is 16.1. The third-order valence-electron chi connectivity index (χ3n) is 6.34. The molecule has 0 spiro atoms. The Bertz CT molecular complexity index is 821. The van der Waals surface area contributed by atoms with Gasteiger partial charge in [-0.2, -0.15) is 10.2 Å². The lowest BCUT2D eigenvalue weighted by Gasteiger charge is -2.44. The molecule has 2 aliphatic heterocycles. The van der Waals surface area contributed by atoms with Crippen LogP contribution in [0.3, 0.4) is 0 Å². The van der Waals surface area contributed by atoms with E-state index in [4.69, 9.17) is 0 Å². The summed E-state index contributed by atoms with van der Waals surface area (Å²) in [6.45, 7) is 7.18. The van der Waals surface area contributed by atoms with Crippen LogP contribution in [-0.4, -0.2) is 56.5 Å². The molecular formula is C20H30N6O. The van der Waals surface area contributed by atoms with Crippen molar-refractivity contribution in [3.63, 3.8) is 0 Å². The van der Waals surface area contributed by atoms with Gasteiger partial charge in [-0.1, -0.05) is 6.42 Å². The molecule has 27 heavy (non-hydrogen) atoms. The van der Waals surface area contributed by atoms with Crippen LogP contribution in [0, 0.1) is 19.8 Å². The summed E-state index contributed by atoms with van der Waals surface area (Å²) >= 11 is 0. The average molecular weight is 371 g/mol. The van der Waals surface area contributed by atoms with Crippen LogP contribution in [-0.2, 0) is 7.05 Å². The molecule has 0 aromatic carbocycles. The first-order chi connectivity index (χ1) is 13.0. The van der Waals surface area contributed by atoms with Crippen molar-refractivity contribution in [1.29, 1.82) is 0 Å². The molecule has 7 nitrogen and oxygen atoms in total. The van der Waals surface area contributed by atoms with Gasteiger partial charge in [-0.3, -0.25) is 14.6 Å². The number of aryl methyl sites for hydroxylation is 2. The molecule has 1 amide bonds. The molecular weight excluding hydrogens is 340 g/mol. The Morgan fingerprint density at radius 3 is 2.85 bits per heavy atom. The Kier molecular flexibility index (Phi) is 5.04. The molecule has 4 heterocycles. The third-order valence-corrected chi connectivity index (χ3v) is 6.34. The molecule has 2 aliphatic rings. The fraction of sp³-hybridized carbons (Fsp3) is 0.650. The Labute approximate surface area is 160 Å². The maximum absolute atomic E-state index is 12.7. The highest BCUT2D eigenvalue weighted by Crippen LogP contribution is 2.30. The van der Waals surface area contributed by atoms with Crippen LogP contribution in [0.2, 0.25) is 0 Å². The van der Waals surface area contributed by atoms with Crippen LogP contribution < -0.4 is 5.32 Å². The van der Waals surface area contributed by atoms with Crippen LogP contribution in [0.1, 0.15) is 54.0 Å². The summed E-state index contributed by atoms with van der Waals surface area (Å²) in [7, 11) is 1.92. The van der Waals surface area contributed by atoms with E-state index in [9.17, 15) is 4.79 Å². The van der Waals surface area contributed by atoms with Crippen molar-refractivity contribution in [3.05, 3.63) is 23.1 Å². The van der Waals surface area contributed by atoms with E-state index in [-0.39, 0.29) is 5.91 Å². The molecule has 0 aliphatic carbocycles. The predicted molar refractivity (Wildman–Crippen MR) is 105 cm³/mol. The summed E-state index contributed by atoms with van der Waals surface area (Å²) < 4.78 is 1.85. The van der Waals surface area contributed by atoms with Crippen molar-refractivity contribution in [1.82, 2.24) is 30.2 Å². The van der Waals surface area contributed by atoms with Crippen molar-refractivity contribution in [2.75, 3.05) is 19.6 Å². The molecule has 2 saturated heterocycles. The van der Waals surface area contributed by atoms with Crippen molar-refractivity contribution < 1.29 is 4.79 Å². The molecule has 2 aromatic heterocycles. The molecule has 0 unspecified atom stereocenters. The number of aromatic amines is 1. The summed E-state index contributed by atoms with van der Waals surface area (Å²) in [5.74, 6) is 0.495. The summed E-state index contributed by atoms with van der Waals surface area (Å²) in [5, 5.41) is 14.8. The topological polar surface area (TPSA) is 78.8 Å². The number of nitrogens with one attached hydrogen (secondary N) is 2. The van der Waals surface area contributed by atoms with Crippen molar-refractivity contribution >= 4 is 5.91 Å². The Hall–Kier alpha value is -2.15. The summed E-state index contributed by atoms with van der Waals surface area (Å²) in [4.78, 5) is 15.3. The Morgan fingerprint density at radius 2 is 2.07 bits per heavy atom. The van der Waals surface area contributed by atoms with Crippen LogP contribution in [0.25, 0.3) is 11.3 Å². The first kappa shape index (κ1) is 18.2. The van der Waals surface area contributed by atoms with Crippen LogP contribution in [0.5, 0.6) is 0 Å². The number of amides is 1. The second kappa shape index (κ2) is 7.46. The number of fused-ring (bicyclic) bond motifs is 1. The van der Waals surface area contributed by atoms with E-state index in [0.717, 1.165) is 29.2 Å². The van der Waals surface area contributed by atoms with Gasteiger partial charge >= 0.3 is 0 Å². The lowest BCUT2D eigenvalue weighted by atomic mass is 9.83.